The molecule has 0 aromatic heterocycles. The Balaban J connectivity index is 0.000000691. The fourth-order valence-electron chi connectivity index (χ4n) is 5.13. The second-order valence-electron chi connectivity index (χ2n) is 12.4. The first kappa shape index (κ1) is 40.5. The molecule has 6 nitrogen and oxygen atoms in total. The van der Waals surface area contributed by atoms with Gasteiger partial charge in [-0.3, -0.25) is 14.6 Å². The zero-order valence-electron chi connectivity index (χ0n) is 28.7. The van der Waals surface area contributed by atoms with E-state index >= 15 is 0 Å². The second kappa shape index (κ2) is 18.8. The summed E-state index contributed by atoms with van der Waals surface area (Å²) in [6.07, 6.45) is -4.50. The third-order valence-electron chi connectivity index (χ3n) is 8.33. The summed E-state index contributed by atoms with van der Waals surface area (Å²) >= 11 is 0. The molecular formula is C39H53F3N2O4. The van der Waals surface area contributed by atoms with Gasteiger partial charge in [0.25, 0.3) is 0 Å². The third-order valence-corrected chi connectivity index (χ3v) is 8.33. The molecule has 9 heteroatoms. The molecule has 1 N–H and O–H groups in total. The molecule has 0 aliphatic carbocycles. The number of allylic oxidation sites excluding steroid dienone is 1. The van der Waals surface area contributed by atoms with Crippen LogP contribution in [0.2, 0.25) is 0 Å². The number of halogens is 3. The molecule has 48 heavy (non-hydrogen) atoms. The van der Waals surface area contributed by atoms with Gasteiger partial charge in [0.15, 0.2) is 0 Å². The first-order valence-corrected chi connectivity index (χ1v) is 16.1. The molecule has 3 aromatic rings. The highest BCUT2D eigenvalue weighted by Crippen LogP contribution is 2.33. The number of aryl methyl sites for hydroxylation is 3. The monoisotopic (exact) mass is 670 g/mol. The summed E-state index contributed by atoms with van der Waals surface area (Å²) in [7, 11) is 0. The molecule has 1 aliphatic heterocycles. The van der Waals surface area contributed by atoms with E-state index in [1.54, 1.807) is 18.2 Å². The van der Waals surface area contributed by atoms with Crippen LogP contribution in [0, 0.1) is 27.7 Å². The maximum absolute atomic E-state index is 12.9. The predicted octanol–water partition coefficient (Wildman–Crippen LogP) is 8.43. The van der Waals surface area contributed by atoms with Crippen LogP contribution in [-0.2, 0) is 11.0 Å². The van der Waals surface area contributed by atoms with Gasteiger partial charge in [0.2, 0.25) is 0 Å². The number of piperazine rings is 1. The van der Waals surface area contributed by atoms with E-state index in [0.717, 1.165) is 49.4 Å². The van der Waals surface area contributed by atoms with Gasteiger partial charge in [-0.1, -0.05) is 44.7 Å². The minimum Gasteiger partial charge on any atom is -0.491 e. The van der Waals surface area contributed by atoms with Crippen molar-refractivity contribution in [2.75, 3.05) is 45.9 Å². The van der Waals surface area contributed by atoms with Crippen LogP contribution in [0.1, 0.15) is 68.0 Å². The first-order chi connectivity index (χ1) is 22.2. The number of carbonyl (C=O) groups excluding carboxylic acids is 1. The summed E-state index contributed by atoms with van der Waals surface area (Å²) < 4.78 is 50.7. The summed E-state index contributed by atoms with van der Waals surface area (Å²) in [4.78, 5) is 16.0. The van der Waals surface area contributed by atoms with Crippen LogP contribution in [0.3, 0.4) is 0 Å². The van der Waals surface area contributed by atoms with Crippen molar-refractivity contribution in [3.63, 3.8) is 0 Å². The number of hydrogen-bond acceptors (Lipinski definition) is 6. The molecule has 264 valence electrons. The van der Waals surface area contributed by atoms with Gasteiger partial charge >= 0.3 is 6.18 Å². The highest BCUT2D eigenvalue weighted by Gasteiger charge is 2.30. The van der Waals surface area contributed by atoms with Gasteiger partial charge in [-0.05, 0) is 99.7 Å². The van der Waals surface area contributed by atoms with Gasteiger partial charge < -0.3 is 14.6 Å². The van der Waals surface area contributed by atoms with Crippen molar-refractivity contribution < 1.29 is 32.5 Å². The lowest BCUT2D eigenvalue weighted by molar-refractivity contribution is -0.137. The van der Waals surface area contributed by atoms with Gasteiger partial charge in [-0.2, -0.15) is 13.2 Å². The largest absolute Gasteiger partial charge is 0.491 e. The number of ketones is 1. The Morgan fingerprint density at radius 1 is 0.875 bits per heavy atom. The average molecular weight is 671 g/mol. The molecular weight excluding hydrogens is 617 g/mol. The SMILES string of the molecule is C.CCC(=O)CN1CCN(CC(O)COc2ccc(OC(=C(C)C)c3ccc(C(F)(F)F)cc3)c(C)c2)CC1.Cc1cccc(C)c1C. The zero-order valence-corrected chi connectivity index (χ0v) is 28.7. The van der Waals surface area contributed by atoms with E-state index in [0.29, 0.717) is 42.3 Å². The lowest BCUT2D eigenvalue weighted by Gasteiger charge is -2.35. The minimum absolute atomic E-state index is 0. The number of ether oxygens (including phenoxy) is 2. The van der Waals surface area contributed by atoms with Crippen LogP contribution in [0.25, 0.3) is 5.76 Å². The Morgan fingerprint density at radius 3 is 1.96 bits per heavy atom. The van der Waals surface area contributed by atoms with E-state index in [9.17, 15) is 23.1 Å². The number of alkyl halides is 3. The number of aliphatic hydroxyl groups is 1. The van der Waals surface area contributed by atoms with Crippen molar-refractivity contribution in [3.8, 4) is 11.5 Å². The molecule has 4 rings (SSSR count). The summed E-state index contributed by atoms with van der Waals surface area (Å²) in [5, 5.41) is 10.5. The Hall–Kier alpha value is -3.66. The number of β-amino-alcohol motifs (C(OH)–C–C–N with tert-alkyl or cyclic N) is 1. The number of rotatable bonds is 11. The highest BCUT2D eigenvalue weighted by atomic mass is 19.4. The number of hydrogen-bond donors (Lipinski definition) is 1. The van der Waals surface area contributed by atoms with Gasteiger partial charge in [-0.15, -0.1) is 0 Å². The van der Waals surface area contributed by atoms with E-state index in [2.05, 4.69) is 48.8 Å². The third kappa shape index (κ3) is 12.4. The standard InChI is InChI=1S/C29H37F3N2O4.C9H12.CH4/c1-5-24(35)17-33-12-14-34(15-13-33)18-25(36)19-37-26-10-11-27(21(4)16-26)38-28(20(2)3)22-6-8-23(9-7-22)29(30,31)32;1-7-5-4-6-8(2)9(7)3;/h6-11,16,25,36H,5,12-15,17-19H2,1-4H3;4-6H,1-3H3;1H4. The normalized spacial score (nSPS) is 14.2. The molecule has 1 unspecified atom stereocenters. The van der Waals surface area contributed by atoms with Crippen LogP contribution in [0.5, 0.6) is 11.5 Å². The van der Waals surface area contributed by atoms with E-state index in [1.807, 2.05) is 27.7 Å². The van der Waals surface area contributed by atoms with Crippen molar-refractivity contribution >= 4 is 11.5 Å². The van der Waals surface area contributed by atoms with Crippen molar-refractivity contribution in [3.05, 3.63) is 99.6 Å². The number of benzene rings is 3. The van der Waals surface area contributed by atoms with E-state index in [-0.39, 0.29) is 19.8 Å². The number of carbonyl (C=O) groups is 1. The molecule has 1 heterocycles. The lowest BCUT2D eigenvalue weighted by atomic mass is 10.1. The molecule has 1 saturated heterocycles. The highest BCUT2D eigenvalue weighted by molar-refractivity contribution is 5.80. The van der Waals surface area contributed by atoms with Crippen LogP contribution in [0.15, 0.2) is 66.2 Å². The first-order valence-electron chi connectivity index (χ1n) is 16.1. The number of nitrogens with zero attached hydrogens (tertiary/aromatic N) is 2. The summed E-state index contributed by atoms with van der Waals surface area (Å²) in [5.41, 5.74) is 5.65. The summed E-state index contributed by atoms with van der Waals surface area (Å²) in [6, 6.07) is 16.6. The molecule has 3 aromatic carbocycles. The van der Waals surface area contributed by atoms with Gasteiger partial charge in [0.05, 0.1) is 12.1 Å². The summed E-state index contributed by atoms with van der Waals surface area (Å²) in [6.45, 7) is 18.2. The molecule has 1 fully saturated rings. The molecule has 0 bridgehead atoms. The van der Waals surface area contributed by atoms with Gasteiger partial charge in [0.1, 0.15) is 35.8 Å². The fraction of sp³-hybridized carbons (Fsp3) is 0.462. The Morgan fingerprint density at radius 2 is 1.46 bits per heavy atom. The number of Topliss-reactive ketones (excluding diaryl/α,β-unsaturated/α-hetero) is 1. The van der Waals surface area contributed by atoms with Crippen LogP contribution < -0.4 is 9.47 Å². The fourth-order valence-corrected chi connectivity index (χ4v) is 5.13. The van der Waals surface area contributed by atoms with Crippen LogP contribution in [-0.4, -0.2) is 72.7 Å². The smallest absolute Gasteiger partial charge is 0.416 e. The van der Waals surface area contributed by atoms with E-state index < -0.39 is 17.8 Å². The Kier molecular flexibility index (Phi) is 15.8. The molecule has 1 aliphatic rings. The van der Waals surface area contributed by atoms with Gasteiger partial charge in [-0.25, -0.2) is 0 Å². The minimum atomic E-state index is -4.39. The molecule has 0 amide bonds. The lowest BCUT2D eigenvalue weighted by Crippen LogP contribution is -2.50. The van der Waals surface area contributed by atoms with E-state index in [1.165, 1.54) is 28.8 Å². The quantitative estimate of drug-likeness (QED) is 0.207. The van der Waals surface area contributed by atoms with Crippen LogP contribution >= 0.6 is 0 Å². The van der Waals surface area contributed by atoms with Crippen molar-refractivity contribution in [1.29, 1.82) is 0 Å². The maximum Gasteiger partial charge on any atom is 0.416 e. The van der Waals surface area contributed by atoms with Crippen molar-refractivity contribution in [2.24, 2.45) is 0 Å². The molecule has 0 saturated carbocycles. The van der Waals surface area contributed by atoms with E-state index in [4.69, 9.17) is 9.47 Å². The summed E-state index contributed by atoms with van der Waals surface area (Å²) in [5.74, 6) is 1.89. The average Bonchev–Trinajstić information content (AvgIpc) is 3.03. The second-order valence-corrected chi connectivity index (χ2v) is 12.4. The zero-order chi connectivity index (χ0) is 34.7. The van der Waals surface area contributed by atoms with Crippen molar-refractivity contribution in [1.82, 2.24) is 9.80 Å². The molecule has 1 atom stereocenters. The van der Waals surface area contributed by atoms with Crippen LogP contribution in [0.4, 0.5) is 13.2 Å². The number of aliphatic hydroxyl groups excluding tert-OH is 1. The van der Waals surface area contributed by atoms with Crippen molar-refractivity contribution in [2.45, 2.75) is 74.6 Å². The topological polar surface area (TPSA) is 62.2 Å². The maximum atomic E-state index is 12.9. The molecule has 0 radical (unpaired) electrons. The van der Waals surface area contributed by atoms with Gasteiger partial charge in [0, 0.05) is 44.7 Å². The predicted molar refractivity (Wildman–Crippen MR) is 189 cm³/mol. The Bertz CT molecular complexity index is 1470. The molecule has 0 spiro atoms. The Labute approximate surface area is 285 Å².